The Labute approximate surface area is 118 Å². The van der Waals surface area contributed by atoms with Crippen molar-refractivity contribution in [3.63, 3.8) is 0 Å². The first-order chi connectivity index (χ1) is 9.49. The number of nitrogens with one attached hydrogen (secondary N) is 1. The maximum absolute atomic E-state index is 13.8. The molecule has 1 aliphatic heterocycles. The molecule has 0 amide bonds. The summed E-state index contributed by atoms with van der Waals surface area (Å²) in [5.41, 5.74) is 8.56. The number of hydrogen-bond acceptors (Lipinski definition) is 4. The summed E-state index contributed by atoms with van der Waals surface area (Å²) in [6.07, 6.45) is -3.93. The van der Waals surface area contributed by atoms with Gasteiger partial charge in [-0.15, -0.1) is 0 Å². The molecule has 1 aromatic rings. The first kappa shape index (κ1) is 15.5. The Morgan fingerprint density at radius 1 is 1.38 bits per heavy atom. The van der Waals surface area contributed by atoms with Gasteiger partial charge in [0.1, 0.15) is 17.2 Å². The van der Waals surface area contributed by atoms with Crippen LogP contribution < -0.4 is 5.73 Å². The number of ether oxygens (including phenoxy) is 1. The van der Waals surface area contributed by atoms with Crippen LogP contribution >= 0.6 is 0 Å². The van der Waals surface area contributed by atoms with E-state index in [4.69, 9.17) is 16.2 Å². The fourth-order valence-corrected chi connectivity index (χ4v) is 1.98. The lowest BCUT2D eigenvalue weighted by Gasteiger charge is -2.41. The monoisotopic (exact) mass is 305 g/mol. The maximum atomic E-state index is 13.8. The molecule has 5 nitrogen and oxygen atoms in total. The van der Waals surface area contributed by atoms with Crippen molar-refractivity contribution in [3.8, 4) is 0 Å². The van der Waals surface area contributed by atoms with Crippen LogP contribution in [0.2, 0.25) is 0 Å². The van der Waals surface area contributed by atoms with Gasteiger partial charge in [0.05, 0.1) is 6.61 Å². The van der Waals surface area contributed by atoms with Gasteiger partial charge in [-0.2, -0.15) is 13.2 Å². The fraction of sp³-hybridized carbons (Fsp3) is 0.500. The van der Waals surface area contributed by atoms with Crippen LogP contribution in [-0.4, -0.2) is 29.2 Å². The van der Waals surface area contributed by atoms with Crippen molar-refractivity contribution >= 4 is 11.7 Å². The highest BCUT2D eigenvalue weighted by Crippen LogP contribution is 2.41. The van der Waals surface area contributed by atoms with Crippen molar-refractivity contribution in [1.82, 2.24) is 4.98 Å². The standard InChI is InChI=1S/C12H13F4N4O/c1-10(6-3-8(17)19-4-7(6)13)5-21-11(2,9(18)20-10)12(14,15)16/h3-4H,5H2,1-2H3,(H3-,17,18,19,20)/q-1. The molecule has 2 atom stereocenters. The van der Waals surface area contributed by atoms with Gasteiger partial charge in [0.15, 0.2) is 0 Å². The van der Waals surface area contributed by atoms with Crippen LogP contribution in [0.25, 0.3) is 5.73 Å². The molecule has 9 heteroatoms. The lowest BCUT2D eigenvalue weighted by Crippen LogP contribution is -2.60. The summed E-state index contributed by atoms with van der Waals surface area (Å²) in [4.78, 5) is 7.25. The summed E-state index contributed by atoms with van der Waals surface area (Å²) < 4.78 is 57.6. The van der Waals surface area contributed by atoms with E-state index < -0.39 is 35.6 Å². The van der Waals surface area contributed by atoms with Crippen LogP contribution in [0, 0.1) is 5.82 Å². The summed E-state index contributed by atoms with van der Waals surface area (Å²) in [5, 5.41) is 0. The normalized spacial score (nSPS) is 30.1. The molecule has 0 spiro atoms. The number of nitrogens with zero attached hydrogens (tertiary/aromatic N) is 2. The number of nitrogens with two attached hydrogens (primary N) is 1. The Morgan fingerprint density at radius 3 is 2.52 bits per heavy atom. The van der Waals surface area contributed by atoms with E-state index in [0.29, 0.717) is 0 Å². The molecule has 2 unspecified atom stereocenters. The lowest BCUT2D eigenvalue weighted by atomic mass is 9.90. The second-order valence-electron chi connectivity index (χ2n) is 5.14. The van der Waals surface area contributed by atoms with Gasteiger partial charge in [0, 0.05) is 5.56 Å². The molecule has 0 saturated heterocycles. The van der Waals surface area contributed by atoms with Crippen molar-refractivity contribution in [2.45, 2.75) is 31.2 Å². The van der Waals surface area contributed by atoms with Gasteiger partial charge in [0.25, 0.3) is 0 Å². The summed E-state index contributed by atoms with van der Waals surface area (Å²) in [7, 11) is 0. The van der Waals surface area contributed by atoms with Gasteiger partial charge in [-0.3, -0.25) is 4.99 Å². The van der Waals surface area contributed by atoms with Crippen LogP contribution in [0.15, 0.2) is 17.3 Å². The van der Waals surface area contributed by atoms with E-state index in [2.05, 4.69) is 9.98 Å². The van der Waals surface area contributed by atoms with Gasteiger partial charge in [-0.25, -0.2) is 4.39 Å². The Morgan fingerprint density at radius 2 is 2.00 bits per heavy atom. The topological polar surface area (TPSA) is 84.3 Å². The second kappa shape index (κ2) is 4.55. The minimum atomic E-state index is -4.74. The first-order valence-corrected chi connectivity index (χ1v) is 5.94. The molecular weight excluding hydrogens is 292 g/mol. The maximum Gasteiger partial charge on any atom is 0.424 e. The van der Waals surface area contributed by atoms with E-state index in [1.807, 2.05) is 0 Å². The highest BCUT2D eigenvalue weighted by atomic mass is 19.4. The third-order valence-corrected chi connectivity index (χ3v) is 3.47. The van der Waals surface area contributed by atoms with Gasteiger partial charge >= 0.3 is 6.18 Å². The van der Waals surface area contributed by atoms with E-state index in [1.165, 1.54) is 6.92 Å². The highest BCUT2D eigenvalue weighted by Gasteiger charge is 2.59. The van der Waals surface area contributed by atoms with Crippen LogP contribution in [0.4, 0.5) is 23.4 Å². The Balaban J connectivity index is 2.51. The van der Waals surface area contributed by atoms with Gasteiger partial charge in [0.2, 0.25) is 5.60 Å². The van der Waals surface area contributed by atoms with Crippen LogP contribution in [0.1, 0.15) is 19.4 Å². The number of aliphatic imine (C=N–C) groups is 1. The third kappa shape index (κ3) is 2.41. The van der Waals surface area contributed by atoms with Crippen LogP contribution in [0.5, 0.6) is 0 Å². The molecule has 0 aliphatic carbocycles. The van der Waals surface area contributed by atoms with Crippen molar-refractivity contribution in [2.75, 3.05) is 6.61 Å². The Kier molecular flexibility index (Phi) is 3.36. The molecule has 21 heavy (non-hydrogen) atoms. The SMILES string of the molecule is CC1(c2cc([NH-])ncc2F)COC(C)(C(F)(F)F)C(N)=N1. The predicted molar refractivity (Wildman–Crippen MR) is 67.6 cm³/mol. The third-order valence-electron chi connectivity index (χ3n) is 3.47. The average molecular weight is 305 g/mol. The van der Waals surface area contributed by atoms with Gasteiger partial charge < -0.3 is 21.2 Å². The number of aromatic nitrogens is 1. The molecule has 0 radical (unpaired) electrons. The molecular formula is C12H13F4N4O-. The molecule has 2 rings (SSSR count). The zero-order valence-electron chi connectivity index (χ0n) is 11.3. The summed E-state index contributed by atoms with van der Waals surface area (Å²) >= 11 is 0. The summed E-state index contributed by atoms with van der Waals surface area (Å²) in [6.45, 7) is 1.63. The molecule has 0 saturated carbocycles. The number of rotatable bonds is 1. The van der Waals surface area contributed by atoms with Crippen molar-refractivity contribution in [2.24, 2.45) is 10.7 Å². The number of alkyl halides is 3. The van der Waals surface area contributed by atoms with Crippen molar-refractivity contribution in [1.29, 1.82) is 0 Å². The van der Waals surface area contributed by atoms with E-state index in [0.717, 1.165) is 19.2 Å². The molecule has 116 valence electrons. The lowest BCUT2D eigenvalue weighted by molar-refractivity contribution is -0.249. The fourth-order valence-electron chi connectivity index (χ4n) is 1.98. The Bertz CT molecular complexity index is 603. The van der Waals surface area contributed by atoms with Gasteiger partial charge in [-0.1, -0.05) is 11.9 Å². The minimum absolute atomic E-state index is 0.0883. The number of amidine groups is 1. The highest BCUT2D eigenvalue weighted by molar-refractivity contribution is 5.90. The predicted octanol–water partition coefficient (Wildman–Crippen LogP) is 2.83. The minimum Gasteiger partial charge on any atom is -0.482 e. The summed E-state index contributed by atoms with van der Waals surface area (Å²) in [6, 6.07) is 1.09. The van der Waals surface area contributed by atoms with E-state index >= 15 is 0 Å². The molecule has 1 aliphatic rings. The van der Waals surface area contributed by atoms with Crippen molar-refractivity contribution < 1.29 is 22.3 Å². The van der Waals surface area contributed by atoms with Crippen LogP contribution in [-0.2, 0) is 10.3 Å². The van der Waals surface area contributed by atoms with E-state index in [9.17, 15) is 17.6 Å². The second-order valence-corrected chi connectivity index (χ2v) is 5.14. The van der Waals surface area contributed by atoms with Crippen molar-refractivity contribution in [3.05, 3.63) is 29.4 Å². The number of halogens is 4. The molecule has 0 aromatic carbocycles. The smallest absolute Gasteiger partial charge is 0.424 e. The first-order valence-electron chi connectivity index (χ1n) is 5.94. The number of hydrogen-bond donors (Lipinski definition) is 1. The number of pyridine rings is 1. The molecule has 2 heterocycles. The molecule has 3 N–H and O–H groups in total. The zero-order chi connectivity index (χ0) is 16.1. The summed E-state index contributed by atoms with van der Waals surface area (Å²) in [5.74, 6) is -1.80. The molecule has 1 aromatic heterocycles. The van der Waals surface area contributed by atoms with E-state index in [1.54, 1.807) is 0 Å². The van der Waals surface area contributed by atoms with E-state index in [-0.39, 0.29) is 11.4 Å². The van der Waals surface area contributed by atoms with Crippen LogP contribution in [0.3, 0.4) is 0 Å². The molecule has 0 bridgehead atoms. The zero-order valence-corrected chi connectivity index (χ0v) is 11.3. The molecule has 0 fully saturated rings. The quantitative estimate of drug-likeness (QED) is 0.810. The largest absolute Gasteiger partial charge is 0.482 e. The average Bonchev–Trinajstić information content (AvgIpc) is 2.36. The Hall–Kier alpha value is -1.90. The van der Waals surface area contributed by atoms with Gasteiger partial charge in [-0.05, 0) is 20.0 Å².